The molecule has 1 aromatic carbocycles. The van der Waals surface area contributed by atoms with Crippen molar-refractivity contribution in [3.8, 4) is 5.75 Å². The van der Waals surface area contributed by atoms with Crippen LogP contribution < -0.4 is 10.5 Å². The molecule has 0 amide bonds. The molecule has 112 valence electrons. The van der Waals surface area contributed by atoms with Gasteiger partial charge in [0.15, 0.2) is 0 Å². The molecule has 0 radical (unpaired) electrons. The Balaban J connectivity index is 2.30. The lowest BCUT2D eigenvalue weighted by Gasteiger charge is -2.17. The summed E-state index contributed by atoms with van der Waals surface area (Å²) in [7, 11) is -0.365. The molecule has 6 nitrogen and oxygen atoms in total. The van der Waals surface area contributed by atoms with Crippen LogP contribution in [0.2, 0.25) is 0 Å². The van der Waals surface area contributed by atoms with Crippen molar-refractivity contribution in [1.82, 2.24) is 4.31 Å². The van der Waals surface area contributed by atoms with E-state index in [4.69, 9.17) is 15.2 Å². The summed E-state index contributed by atoms with van der Waals surface area (Å²) in [6.07, 6.45) is 0.687. The highest BCUT2D eigenvalue weighted by Crippen LogP contribution is 2.26. The zero-order valence-corrected chi connectivity index (χ0v) is 12.5. The Kier molecular flexibility index (Phi) is 4.64. The van der Waals surface area contributed by atoms with Crippen molar-refractivity contribution in [2.45, 2.75) is 24.0 Å². The third-order valence-electron chi connectivity index (χ3n) is 3.55. The molecule has 0 bridgehead atoms. The summed E-state index contributed by atoms with van der Waals surface area (Å²) < 4.78 is 36.9. The first-order chi connectivity index (χ1) is 9.52. The molecule has 1 saturated heterocycles. The normalized spacial score (nSPS) is 20.2. The minimum Gasteiger partial charge on any atom is -0.496 e. The maximum Gasteiger partial charge on any atom is 0.243 e. The first-order valence-corrected chi connectivity index (χ1v) is 7.87. The SMILES string of the molecule is COc1ccc(S(=O)(=O)N2CCC(OC)C2)cc1CN. The van der Waals surface area contributed by atoms with Crippen molar-refractivity contribution in [3.63, 3.8) is 0 Å². The standard InChI is InChI=1S/C13H20N2O4S/c1-18-11-5-6-15(9-11)20(16,17)12-3-4-13(19-2)10(7-12)8-14/h3-4,7,11H,5-6,8-9,14H2,1-2H3. The third kappa shape index (κ3) is 2.80. The van der Waals surface area contributed by atoms with Gasteiger partial charge in [-0.1, -0.05) is 0 Å². The number of methoxy groups -OCH3 is 2. The molecule has 1 aliphatic rings. The van der Waals surface area contributed by atoms with Gasteiger partial charge in [-0.2, -0.15) is 4.31 Å². The van der Waals surface area contributed by atoms with Gasteiger partial charge in [0.2, 0.25) is 10.0 Å². The average molecular weight is 300 g/mol. The molecule has 7 heteroatoms. The maximum atomic E-state index is 12.6. The molecule has 1 unspecified atom stereocenters. The molecular weight excluding hydrogens is 280 g/mol. The number of hydrogen-bond donors (Lipinski definition) is 1. The minimum atomic E-state index is -3.50. The molecule has 1 heterocycles. The van der Waals surface area contributed by atoms with Crippen molar-refractivity contribution in [2.24, 2.45) is 5.73 Å². The van der Waals surface area contributed by atoms with Gasteiger partial charge in [-0.3, -0.25) is 0 Å². The van der Waals surface area contributed by atoms with Crippen LogP contribution in [0.1, 0.15) is 12.0 Å². The second kappa shape index (κ2) is 6.09. The number of nitrogens with two attached hydrogens (primary N) is 1. The zero-order valence-electron chi connectivity index (χ0n) is 11.7. The van der Waals surface area contributed by atoms with E-state index in [0.717, 1.165) is 6.42 Å². The van der Waals surface area contributed by atoms with Gasteiger partial charge in [0.1, 0.15) is 5.75 Å². The van der Waals surface area contributed by atoms with Gasteiger partial charge in [0, 0.05) is 32.3 Å². The van der Waals surface area contributed by atoms with E-state index in [2.05, 4.69) is 0 Å². The van der Waals surface area contributed by atoms with E-state index in [0.29, 0.717) is 24.4 Å². The summed E-state index contributed by atoms with van der Waals surface area (Å²) >= 11 is 0. The Labute approximate surface area is 119 Å². The predicted molar refractivity (Wildman–Crippen MR) is 75.1 cm³/mol. The average Bonchev–Trinajstić information content (AvgIpc) is 2.96. The van der Waals surface area contributed by atoms with Crippen LogP contribution in [-0.4, -0.2) is 46.1 Å². The molecule has 0 aliphatic carbocycles. The van der Waals surface area contributed by atoms with Crippen molar-refractivity contribution in [2.75, 3.05) is 27.3 Å². The highest BCUT2D eigenvalue weighted by molar-refractivity contribution is 7.89. The first-order valence-electron chi connectivity index (χ1n) is 6.43. The quantitative estimate of drug-likeness (QED) is 0.859. The van der Waals surface area contributed by atoms with Gasteiger partial charge >= 0.3 is 0 Å². The number of nitrogens with zero attached hydrogens (tertiary/aromatic N) is 1. The topological polar surface area (TPSA) is 81.9 Å². The number of benzene rings is 1. The Morgan fingerprint density at radius 2 is 2.15 bits per heavy atom. The molecule has 0 aromatic heterocycles. The predicted octanol–water partition coefficient (Wildman–Crippen LogP) is 0.563. The fourth-order valence-corrected chi connectivity index (χ4v) is 3.87. The second-order valence-electron chi connectivity index (χ2n) is 4.69. The van der Waals surface area contributed by atoms with Crippen LogP contribution in [0.15, 0.2) is 23.1 Å². The Morgan fingerprint density at radius 1 is 1.40 bits per heavy atom. The molecule has 1 aliphatic heterocycles. The largest absolute Gasteiger partial charge is 0.496 e. The lowest BCUT2D eigenvalue weighted by Crippen LogP contribution is -2.30. The Hall–Kier alpha value is -1.15. The summed E-state index contributed by atoms with van der Waals surface area (Å²) in [5.41, 5.74) is 6.30. The van der Waals surface area contributed by atoms with E-state index in [-0.39, 0.29) is 17.5 Å². The van der Waals surface area contributed by atoms with Crippen LogP contribution in [0.3, 0.4) is 0 Å². The van der Waals surface area contributed by atoms with Crippen LogP contribution >= 0.6 is 0 Å². The highest BCUT2D eigenvalue weighted by atomic mass is 32.2. The lowest BCUT2D eigenvalue weighted by molar-refractivity contribution is 0.115. The van der Waals surface area contributed by atoms with E-state index in [1.165, 1.54) is 11.4 Å². The molecular formula is C13H20N2O4S. The number of ether oxygens (including phenoxy) is 2. The van der Waals surface area contributed by atoms with Crippen molar-refractivity contribution in [3.05, 3.63) is 23.8 Å². The van der Waals surface area contributed by atoms with Crippen molar-refractivity contribution in [1.29, 1.82) is 0 Å². The summed E-state index contributed by atoms with van der Waals surface area (Å²) in [5, 5.41) is 0. The summed E-state index contributed by atoms with van der Waals surface area (Å²) in [4.78, 5) is 0.246. The summed E-state index contributed by atoms with van der Waals surface area (Å²) in [5.74, 6) is 0.600. The van der Waals surface area contributed by atoms with Crippen molar-refractivity contribution >= 4 is 10.0 Å². The van der Waals surface area contributed by atoms with Crippen LogP contribution in [-0.2, 0) is 21.3 Å². The van der Waals surface area contributed by atoms with Crippen LogP contribution in [0.25, 0.3) is 0 Å². The van der Waals surface area contributed by atoms with Gasteiger partial charge < -0.3 is 15.2 Å². The molecule has 2 N–H and O–H groups in total. The minimum absolute atomic E-state index is 0.0306. The highest BCUT2D eigenvalue weighted by Gasteiger charge is 2.32. The third-order valence-corrected chi connectivity index (χ3v) is 5.41. The molecule has 1 fully saturated rings. The monoisotopic (exact) mass is 300 g/mol. The molecule has 20 heavy (non-hydrogen) atoms. The molecule has 0 saturated carbocycles. The van der Waals surface area contributed by atoms with E-state index < -0.39 is 10.0 Å². The first kappa shape index (κ1) is 15.2. The second-order valence-corrected chi connectivity index (χ2v) is 6.63. The summed E-state index contributed by atoms with van der Waals surface area (Å²) in [6, 6.07) is 4.76. The molecule has 1 aromatic rings. The van der Waals surface area contributed by atoms with E-state index in [9.17, 15) is 8.42 Å². The molecule has 0 spiro atoms. The maximum absolute atomic E-state index is 12.6. The van der Waals surface area contributed by atoms with Gasteiger partial charge in [-0.05, 0) is 24.6 Å². The van der Waals surface area contributed by atoms with Gasteiger partial charge in [-0.15, -0.1) is 0 Å². The van der Waals surface area contributed by atoms with Gasteiger partial charge in [0.05, 0.1) is 18.1 Å². The van der Waals surface area contributed by atoms with Gasteiger partial charge in [-0.25, -0.2) is 8.42 Å². The lowest BCUT2D eigenvalue weighted by atomic mass is 10.2. The molecule has 1 atom stereocenters. The van der Waals surface area contributed by atoms with E-state index >= 15 is 0 Å². The fourth-order valence-electron chi connectivity index (χ4n) is 2.33. The number of rotatable bonds is 5. The van der Waals surface area contributed by atoms with Gasteiger partial charge in [0.25, 0.3) is 0 Å². The zero-order chi connectivity index (χ0) is 14.8. The molecule has 2 rings (SSSR count). The number of sulfonamides is 1. The fraction of sp³-hybridized carbons (Fsp3) is 0.538. The van der Waals surface area contributed by atoms with Crippen LogP contribution in [0, 0.1) is 0 Å². The number of hydrogen-bond acceptors (Lipinski definition) is 5. The Morgan fingerprint density at radius 3 is 2.70 bits per heavy atom. The Bertz CT molecular complexity index is 574. The van der Waals surface area contributed by atoms with Crippen LogP contribution in [0.5, 0.6) is 5.75 Å². The van der Waals surface area contributed by atoms with E-state index in [1.807, 2.05) is 0 Å². The van der Waals surface area contributed by atoms with Crippen LogP contribution in [0.4, 0.5) is 0 Å². The van der Waals surface area contributed by atoms with E-state index in [1.54, 1.807) is 25.3 Å². The van der Waals surface area contributed by atoms with Crippen molar-refractivity contribution < 1.29 is 17.9 Å². The summed E-state index contributed by atoms with van der Waals surface area (Å²) in [6.45, 7) is 1.10. The smallest absolute Gasteiger partial charge is 0.243 e.